The highest BCUT2D eigenvalue weighted by Crippen LogP contribution is 2.21. The monoisotopic (exact) mass is 358 g/mol. The first-order valence-electron chi connectivity index (χ1n) is 8.76. The van der Waals surface area contributed by atoms with E-state index in [-0.39, 0.29) is 5.91 Å². The van der Waals surface area contributed by atoms with Gasteiger partial charge < -0.3 is 15.1 Å². The summed E-state index contributed by atoms with van der Waals surface area (Å²) in [5, 5.41) is 7.59. The fourth-order valence-corrected chi connectivity index (χ4v) is 3.99. The van der Waals surface area contributed by atoms with Gasteiger partial charge in [-0.1, -0.05) is 0 Å². The third kappa shape index (κ3) is 4.31. The van der Waals surface area contributed by atoms with Crippen LogP contribution in [0.4, 0.5) is 11.5 Å². The Labute approximate surface area is 153 Å². The van der Waals surface area contributed by atoms with Crippen molar-refractivity contribution in [1.82, 2.24) is 9.88 Å². The molecule has 1 aliphatic rings. The van der Waals surface area contributed by atoms with Crippen LogP contribution >= 0.6 is 11.3 Å². The van der Waals surface area contributed by atoms with Crippen LogP contribution in [0.2, 0.25) is 0 Å². The maximum absolute atomic E-state index is 12.7. The van der Waals surface area contributed by atoms with Crippen molar-refractivity contribution < 1.29 is 4.79 Å². The van der Waals surface area contributed by atoms with Crippen LogP contribution < -0.4 is 10.2 Å². The zero-order valence-corrected chi connectivity index (χ0v) is 16.0. The lowest BCUT2D eigenvalue weighted by Crippen LogP contribution is -2.32. The summed E-state index contributed by atoms with van der Waals surface area (Å²) in [5.74, 6) is 1.13. The van der Waals surface area contributed by atoms with Crippen LogP contribution in [-0.2, 0) is 0 Å². The lowest BCUT2D eigenvalue weighted by atomic mass is 10.1. The Hall–Kier alpha value is -2.08. The number of rotatable bonds is 4. The van der Waals surface area contributed by atoms with Crippen molar-refractivity contribution >= 4 is 28.7 Å². The topological polar surface area (TPSA) is 48.5 Å². The van der Waals surface area contributed by atoms with E-state index in [4.69, 9.17) is 0 Å². The van der Waals surface area contributed by atoms with Gasteiger partial charge in [-0.05, 0) is 49.3 Å². The summed E-state index contributed by atoms with van der Waals surface area (Å²) < 4.78 is 0. The van der Waals surface area contributed by atoms with E-state index in [1.165, 1.54) is 0 Å². The lowest BCUT2D eigenvalue weighted by molar-refractivity contribution is 0.0761. The van der Waals surface area contributed by atoms with Gasteiger partial charge in [0.05, 0.1) is 17.4 Å². The molecule has 0 aromatic carbocycles. The van der Waals surface area contributed by atoms with E-state index in [2.05, 4.69) is 16.4 Å². The van der Waals surface area contributed by atoms with E-state index < -0.39 is 0 Å². The zero-order valence-electron chi connectivity index (χ0n) is 15.2. The summed E-state index contributed by atoms with van der Waals surface area (Å²) in [4.78, 5) is 21.1. The van der Waals surface area contributed by atoms with Gasteiger partial charge in [0, 0.05) is 38.6 Å². The van der Waals surface area contributed by atoms with Gasteiger partial charge in [-0.25, -0.2) is 4.98 Å². The molecule has 0 radical (unpaired) electrons. The van der Waals surface area contributed by atoms with Gasteiger partial charge in [0.15, 0.2) is 0 Å². The number of pyridine rings is 1. The van der Waals surface area contributed by atoms with Gasteiger partial charge in [0.2, 0.25) is 0 Å². The van der Waals surface area contributed by atoms with Crippen LogP contribution in [0.3, 0.4) is 0 Å². The number of nitrogens with one attached hydrogen (secondary N) is 1. The number of hydrogen-bond acceptors (Lipinski definition) is 5. The van der Waals surface area contributed by atoms with Crippen molar-refractivity contribution in [2.24, 2.45) is 0 Å². The minimum atomic E-state index is 0.177. The number of anilines is 2. The highest BCUT2D eigenvalue weighted by molar-refractivity contribution is 7.08. The number of aryl methyl sites for hydroxylation is 1. The molecule has 2 aromatic rings. The number of amides is 1. The van der Waals surface area contributed by atoms with E-state index in [0.29, 0.717) is 6.04 Å². The third-order valence-corrected chi connectivity index (χ3v) is 5.54. The standard InChI is InChI=1S/C19H26N4OS/c1-14-12-25-13-17(14)19(24)23-9-4-5-15(8-10-23)21-16-6-7-18(20-11-16)22(2)3/h6-7,11-13,15,21H,4-5,8-10H2,1-3H3. The van der Waals surface area contributed by atoms with Crippen molar-refractivity contribution in [2.75, 3.05) is 37.4 Å². The van der Waals surface area contributed by atoms with Crippen LogP contribution in [0.25, 0.3) is 0 Å². The molecule has 3 rings (SSSR count). The molecule has 0 saturated carbocycles. The number of nitrogens with zero attached hydrogens (tertiary/aromatic N) is 3. The van der Waals surface area contributed by atoms with Crippen LogP contribution in [0.1, 0.15) is 35.2 Å². The predicted octanol–water partition coefficient (Wildman–Crippen LogP) is 3.62. The molecule has 1 fully saturated rings. The predicted molar refractivity (Wildman–Crippen MR) is 105 cm³/mol. The first-order chi connectivity index (χ1) is 12.0. The molecule has 5 nitrogen and oxygen atoms in total. The molecule has 1 unspecified atom stereocenters. The number of thiophene rings is 1. The first-order valence-corrected chi connectivity index (χ1v) is 9.71. The van der Waals surface area contributed by atoms with Crippen molar-refractivity contribution in [1.29, 1.82) is 0 Å². The quantitative estimate of drug-likeness (QED) is 0.907. The van der Waals surface area contributed by atoms with Crippen molar-refractivity contribution in [3.8, 4) is 0 Å². The Morgan fingerprint density at radius 2 is 2.12 bits per heavy atom. The van der Waals surface area contributed by atoms with Gasteiger partial charge in [0.1, 0.15) is 5.82 Å². The number of carbonyl (C=O) groups is 1. The molecule has 0 spiro atoms. The van der Waals surface area contributed by atoms with Gasteiger partial charge in [-0.3, -0.25) is 4.79 Å². The SMILES string of the molecule is Cc1cscc1C(=O)N1CCCC(Nc2ccc(N(C)C)nc2)CC1. The van der Waals surface area contributed by atoms with E-state index in [1.54, 1.807) is 11.3 Å². The number of hydrogen-bond donors (Lipinski definition) is 1. The van der Waals surface area contributed by atoms with Gasteiger partial charge in [-0.15, -0.1) is 0 Å². The summed E-state index contributed by atoms with van der Waals surface area (Å²) >= 11 is 1.60. The fraction of sp³-hybridized carbons (Fsp3) is 0.474. The number of carbonyl (C=O) groups excluding carboxylic acids is 1. The second-order valence-electron chi connectivity index (χ2n) is 6.83. The third-order valence-electron chi connectivity index (χ3n) is 4.68. The summed E-state index contributed by atoms with van der Waals surface area (Å²) in [6.07, 6.45) is 4.94. The van der Waals surface area contributed by atoms with Crippen LogP contribution in [0.5, 0.6) is 0 Å². The molecule has 1 amide bonds. The van der Waals surface area contributed by atoms with E-state index in [0.717, 1.165) is 55.0 Å². The van der Waals surface area contributed by atoms with Crippen molar-refractivity contribution in [2.45, 2.75) is 32.2 Å². The van der Waals surface area contributed by atoms with Crippen LogP contribution in [-0.4, -0.2) is 49.0 Å². The maximum atomic E-state index is 12.7. The minimum absolute atomic E-state index is 0.177. The average molecular weight is 359 g/mol. The Balaban J connectivity index is 1.58. The zero-order chi connectivity index (χ0) is 17.8. The first kappa shape index (κ1) is 17.7. The summed E-state index contributed by atoms with van der Waals surface area (Å²) in [6.45, 7) is 3.65. The van der Waals surface area contributed by atoms with Gasteiger partial charge in [-0.2, -0.15) is 11.3 Å². The Morgan fingerprint density at radius 1 is 1.28 bits per heavy atom. The molecule has 2 aromatic heterocycles. The molecule has 0 aliphatic carbocycles. The molecule has 3 heterocycles. The molecular weight excluding hydrogens is 332 g/mol. The van der Waals surface area contributed by atoms with E-state index in [9.17, 15) is 4.79 Å². The number of aromatic nitrogens is 1. The smallest absolute Gasteiger partial charge is 0.254 e. The summed E-state index contributed by atoms with van der Waals surface area (Å²) in [5.41, 5.74) is 2.99. The van der Waals surface area contributed by atoms with E-state index in [1.807, 2.05) is 53.8 Å². The minimum Gasteiger partial charge on any atom is -0.381 e. The lowest BCUT2D eigenvalue weighted by Gasteiger charge is -2.21. The van der Waals surface area contributed by atoms with Crippen LogP contribution in [0, 0.1) is 6.92 Å². The van der Waals surface area contributed by atoms with Gasteiger partial charge in [0.25, 0.3) is 5.91 Å². The molecule has 1 aliphatic heterocycles. The number of likely N-dealkylation sites (tertiary alicyclic amines) is 1. The highest BCUT2D eigenvalue weighted by Gasteiger charge is 2.22. The summed E-state index contributed by atoms with van der Waals surface area (Å²) in [6, 6.07) is 4.48. The van der Waals surface area contributed by atoms with Crippen molar-refractivity contribution in [3.05, 3.63) is 40.2 Å². The Kier molecular flexibility index (Phi) is 5.58. The normalized spacial score (nSPS) is 17.9. The second kappa shape index (κ2) is 7.87. The van der Waals surface area contributed by atoms with Gasteiger partial charge >= 0.3 is 0 Å². The largest absolute Gasteiger partial charge is 0.381 e. The molecule has 6 heteroatoms. The summed E-state index contributed by atoms with van der Waals surface area (Å²) in [7, 11) is 3.98. The molecule has 134 valence electrons. The molecule has 1 atom stereocenters. The Morgan fingerprint density at radius 3 is 2.76 bits per heavy atom. The molecule has 1 saturated heterocycles. The van der Waals surface area contributed by atoms with E-state index >= 15 is 0 Å². The maximum Gasteiger partial charge on any atom is 0.254 e. The van der Waals surface area contributed by atoms with Crippen LogP contribution in [0.15, 0.2) is 29.1 Å². The average Bonchev–Trinajstić information content (AvgIpc) is 2.89. The van der Waals surface area contributed by atoms with Crippen molar-refractivity contribution in [3.63, 3.8) is 0 Å². The molecule has 1 N–H and O–H groups in total. The second-order valence-corrected chi connectivity index (χ2v) is 7.58. The fourth-order valence-electron chi connectivity index (χ4n) is 3.17. The molecular formula is C19H26N4OS. The molecule has 25 heavy (non-hydrogen) atoms. The molecule has 0 bridgehead atoms. The Bertz CT molecular complexity index is 710. The highest BCUT2D eigenvalue weighted by atomic mass is 32.1.